The third-order valence-electron chi connectivity index (χ3n) is 6.44. The van der Waals surface area contributed by atoms with Crippen LogP contribution in [0, 0.1) is 5.92 Å². The van der Waals surface area contributed by atoms with E-state index in [4.69, 9.17) is 21.1 Å². The molecule has 0 bridgehead atoms. The zero-order valence-electron chi connectivity index (χ0n) is 20.7. The Morgan fingerprint density at radius 2 is 1.83 bits per heavy atom. The highest BCUT2D eigenvalue weighted by Gasteiger charge is 2.54. The maximum atomic E-state index is 13.3. The Bertz CT molecular complexity index is 1280. The second kappa shape index (κ2) is 10.8. The first kappa shape index (κ1) is 25.9. The maximum absolute atomic E-state index is 13.3. The maximum Gasteiger partial charge on any atom is 0.336 e. The van der Waals surface area contributed by atoms with Gasteiger partial charge in [0.15, 0.2) is 0 Å². The van der Waals surface area contributed by atoms with E-state index in [0.29, 0.717) is 16.3 Å². The molecule has 0 saturated carbocycles. The molecule has 2 aliphatic carbocycles. The molecule has 6 nitrogen and oxygen atoms in total. The van der Waals surface area contributed by atoms with Crippen LogP contribution in [0.3, 0.4) is 0 Å². The summed E-state index contributed by atoms with van der Waals surface area (Å²) in [4.78, 5) is 30.6. The van der Waals surface area contributed by atoms with Gasteiger partial charge in [0, 0.05) is 27.9 Å². The second-order valence-corrected chi connectivity index (χ2v) is 10.1. The number of carbonyl (C=O) groups excluding carboxylic acids is 2. The highest BCUT2D eigenvalue weighted by atomic mass is 35.5. The molecule has 2 heterocycles. The molecule has 3 aliphatic rings. The van der Waals surface area contributed by atoms with Gasteiger partial charge in [-0.1, -0.05) is 48.0 Å². The third kappa shape index (κ3) is 5.04. The first-order chi connectivity index (χ1) is 17.3. The van der Waals surface area contributed by atoms with E-state index in [-0.39, 0.29) is 19.2 Å². The van der Waals surface area contributed by atoms with Gasteiger partial charge in [-0.3, -0.25) is 4.79 Å². The number of benzene rings is 2. The average Bonchev–Trinajstić information content (AvgIpc) is 3.26. The van der Waals surface area contributed by atoms with E-state index < -0.39 is 23.3 Å². The Morgan fingerprint density at radius 3 is 2.33 bits per heavy atom. The van der Waals surface area contributed by atoms with Gasteiger partial charge in [0.1, 0.15) is 5.01 Å². The Labute approximate surface area is 220 Å². The standard InChI is InChI=1S/C22H26N2O4S.C6H3Cl/c1-5-27-20(25)16-14(3)24-22(4,15-10-8-7-9-11-15)18(21(26)28-6-2)17(16)19-23-12-13-29-19;7-6-2-1-4-3-5(4)6/h7-13,17-18,24H,5-6H2,1-4H3;1-3H. The smallest absolute Gasteiger partial charge is 0.336 e. The summed E-state index contributed by atoms with van der Waals surface area (Å²) in [5.41, 5.74) is 3.79. The number of carbonyl (C=O) groups is 2. The SMILES string of the molecule is CCOC(=O)C1=C(C)NC(C)(c2ccccc2)C(C(=O)OCC)C1c1nccs1.Clc1ccc2cc1-2. The molecular formula is C28H29ClN2O4S. The number of nitrogens with zero attached hydrogens (tertiary/aromatic N) is 1. The van der Waals surface area contributed by atoms with Gasteiger partial charge in [-0.2, -0.15) is 0 Å². The molecule has 1 N–H and O–H groups in total. The normalized spacial score (nSPS) is 21.6. The quantitative estimate of drug-likeness (QED) is 0.308. The second-order valence-electron chi connectivity index (χ2n) is 8.72. The van der Waals surface area contributed by atoms with Crippen LogP contribution in [0.4, 0.5) is 0 Å². The number of allylic oxidation sites excluding steroid dienone is 1. The number of thiazole rings is 1. The van der Waals surface area contributed by atoms with Crippen molar-refractivity contribution in [3.05, 3.63) is 87.0 Å². The van der Waals surface area contributed by atoms with Crippen LogP contribution in [0.2, 0.25) is 5.02 Å². The van der Waals surface area contributed by atoms with Crippen molar-refractivity contribution in [3.8, 4) is 11.1 Å². The Kier molecular flexibility index (Phi) is 7.81. The predicted molar refractivity (Wildman–Crippen MR) is 142 cm³/mol. The molecule has 36 heavy (non-hydrogen) atoms. The van der Waals surface area contributed by atoms with Crippen LogP contribution in [-0.2, 0) is 24.6 Å². The van der Waals surface area contributed by atoms with Crippen LogP contribution >= 0.6 is 22.9 Å². The lowest BCUT2D eigenvalue weighted by Gasteiger charge is -2.46. The molecule has 188 valence electrons. The minimum absolute atomic E-state index is 0.250. The van der Waals surface area contributed by atoms with E-state index in [1.807, 2.05) is 61.7 Å². The summed E-state index contributed by atoms with van der Waals surface area (Å²) in [5, 5.41) is 6.87. The topological polar surface area (TPSA) is 77.5 Å². The summed E-state index contributed by atoms with van der Waals surface area (Å²) < 4.78 is 10.8. The van der Waals surface area contributed by atoms with Crippen LogP contribution in [-0.4, -0.2) is 30.1 Å². The van der Waals surface area contributed by atoms with Crippen molar-refractivity contribution in [2.75, 3.05) is 13.2 Å². The molecule has 5 rings (SSSR count). The molecule has 2 aromatic rings. The van der Waals surface area contributed by atoms with Crippen LogP contribution in [0.15, 0.2) is 71.4 Å². The zero-order chi connectivity index (χ0) is 25.9. The van der Waals surface area contributed by atoms with Gasteiger partial charge < -0.3 is 14.8 Å². The highest BCUT2D eigenvalue weighted by Crippen LogP contribution is 2.49. The van der Waals surface area contributed by atoms with Crippen LogP contribution in [0.1, 0.15) is 44.2 Å². The fraction of sp³-hybridized carbons (Fsp3) is 0.321. The molecule has 3 unspecified atom stereocenters. The van der Waals surface area contributed by atoms with E-state index in [0.717, 1.165) is 10.6 Å². The van der Waals surface area contributed by atoms with Gasteiger partial charge >= 0.3 is 11.9 Å². The predicted octanol–water partition coefficient (Wildman–Crippen LogP) is 6.08. The molecule has 0 radical (unpaired) electrons. The van der Waals surface area contributed by atoms with Crippen molar-refractivity contribution >= 4 is 34.9 Å². The van der Waals surface area contributed by atoms with Crippen molar-refractivity contribution in [1.82, 2.24) is 10.3 Å². The van der Waals surface area contributed by atoms with Gasteiger partial charge in [0.25, 0.3) is 0 Å². The lowest BCUT2D eigenvalue weighted by Crippen LogP contribution is -2.55. The zero-order valence-corrected chi connectivity index (χ0v) is 22.3. The monoisotopic (exact) mass is 524 g/mol. The third-order valence-corrected chi connectivity index (χ3v) is 7.63. The number of nitrogens with one attached hydrogen (secondary N) is 1. The highest BCUT2D eigenvalue weighted by molar-refractivity contribution is 7.09. The number of rotatable bonds is 6. The summed E-state index contributed by atoms with van der Waals surface area (Å²) in [5.74, 6) is -2.08. The average molecular weight is 525 g/mol. The van der Waals surface area contributed by atoms with Crippen molar-refractivity contribution < 1.29 is 19.1 Å². The number of halogens is 1. The van der Waals surface area contributed by atoms with Crippen molar-refractivity contribution in [2.24, 2.45) is 5.92 Å². The number of hydrogen-bond acceptors (Lipinski definition) is 7. The van der Waals surface area contributed by atoms with E-state index >= 15 is 0 Å². The Morgan fingerprint density at radius 1 is 1.11 bits per heavy atom. The van der Waals surface area contributed by atoms with Gasteiger partial charge in [-0.25, -0.2) is 9.78 Å². The Balaban J connectivity index is 0.000000367. The molecular weight excluding hydrogens is 496 g/mol. The van der Waals surface area contributed by atoms with Gasteiger partial charge in [-0.05, 0) is 51.0 Å². The lowest BCUT2D eigenvalue weighted by atomic mass is 9.67. The van der Waals surface area contributed by atoms with Crippen molar-refractivity contribution in [1.29, 1.82) is 0 Å². The van der Waals surface area contributed by atoms with E-state index in [2.05, 4.69) is 16.4 Å². The number of hydrogen-bond donors (Lipinski definition) is 1. The molecule has 1 aromatic heterocycles. The molecule has 1 aromatic carbocycles. The number of aromatic nitrogens is 1. The minimum atomic E-state index is -0.788. The van der Waals surface area contributed by atoms with Crippen molar-refractivity contribution in [2.45, 2.75) is 39.2 Å². The summed E-state index contributed by atoms with van der Waals surface area (Å²) in [6.07, 6.45) is 1.68. The van der Waals surface area contributed by atoms with E-state index in [1.54, 1.807) is 20.0 Å². The van der Waals surface area contributed by atoms with Gasteiger partial charge in [0.05, 0.1) is 36.2 Å². The van der Waals surface area contributed by atoms with Gasteiger partial charge in [-0.15, -0.1) is 11.3 Å². The molecule has 0 fully saturated rings. The number of fused-ring (bicyclic) bond motifs is 1. The van der Waals surface area contributed by atoms with Crippen molar-refractivity contribution in [3.63, 3.8) is 0 Å². The van der Waals surface area contributed by atoms with Crippen LogP contribution < -0.4 is 5.32 Å². The first-order valence-corrected chi connectivity index (χ1v) is 13.1. The molecule has 1 aliphatic heterocycles. The summed E-state index contributed by atoms with van der Waals surface area (Å²) in [7, 11) is 0. The largest absolute Gasteiger partial charge is 0.466 e. The summed E-state index contributed by atoms with van der Waals surface area (Å²) >= 11 is 7.06. The van der Waals surface area contributed by atoms with Crippen LogP contribution in [0.25, 0.3) is 11.1 Å². The van der Waals surface area contributed by atoms with Crippen LogP contribution in [0.5, 0.6) is 0 Å². The molecule has 0 spiro atoms. The molecule has 0 amide bonds. The summed E-state index contributed by atoms with van der Waals surface area (Å²) in [6.45, 7) is 7.85. The number of esters is 2. The van der Waals surface area contributed by atoms with Gasteiger partial charge in [0.2, 0.25) is 0 Å². The first-order valence-electron chi connectivity index (χ1n) is 11.9. The molecule has 3 atom stereocenters. The fourth-order valence-corrected chi connectivity index (χ4v) is 5.78. The molecule has 8 heteroatoms. The minimum Gasteiger partial charge on any atom is -0.466 e. The number of ether oxygens (including phenoxy) is 2. The van der Waals surface area contributed by atoms with E-state index in [1.165, 1.54) is 22.5 Å². The Hall–Kier alpha value is -3.16. The molecule has 0 saturated heterocycles. The lowest BCUT2D eigenvalue weighted by molar-refractivity contribution is -0.152. The van der Waals surface area contributed by atoms with E-state index in [9.17, 15) is 9.59 Å². The fourth-order valence-electron chi connectivity index (χ4n) is 4.77. The summed E-state index contributed by atoms with van der Waals surface area (Å²) in [6, 6.07) is 15.8.